The third-order valence-electron chi connectivity index (χ3n) is 4.21. The summed E-state index contributed by atoms with van der Waals surface area (Å²) in [6, 6.07) is 9.82. The fourth-order valence-corrected chi connectivity index (χ4v) is 4.81. The van der Waals surface area contributed by atoms with Crippen LogP contribution in [-0.2, 0) is 11.8 Å². The average molecular weight is 420 g/mol. The summed E-state index contributed by atoms with van der Waals surface area (Å²) >= 11 is 13.5. The van der Waals surface area contributed by atoms with Gasteiger partial charge in [0.05, 0.1) is 26.4 Å². The minimum Gasteiger partial charge on any atom is -0.318 e. The molecule has 2 aromatic carbocycles. The summed E-state index contributed by atoms with van der Waals surface area (Å²) in [7, 11) is 1.73. The lowest BCUT2D eigenvalue weighted by molar-refractivity contribution is -0.118. The molecule has 0 bridgehead atoms. The Balaban J connectivity index is 1.67. The molecule has 3 amide bonds. The molecule has 27 heavy (non-hydrogen) atoms. The summed E-state index contributed by atoms with van der Waals surface area (Å²) in [6.45, 7) is -0.422. The van der Waals surface area contributed by atoms with E-state index < -0.39 is 24.3 Å². The minimum atomic E-state index is -0.603. The fraction of sp³-hybridized carbons (Fsp3) is 0.111. The standard InChI is InChI=1S/C18H11Cl2N3O3S/c1-22-15-12(20)6-9(19)7-13(15)27-18(22)21-14(24)8-23-16(25)10-4-2-3-5-11(10)17(23)26/h2-7H,8H2,1H3. The molecule has 9 heteroatoms. The maximum atomic E-state index is 12.4. The molecule has 0 radical (unpaired) electrons. The van der Waals surface area contributed by atoms with Crippen LogP contribution in [0.1, 0.15) is 20.7 Å². The third-order valence-corrected chi connectivity index (χ3v) is 5.79. The number of hydrogen-bond acceptors (Lipinski definition) is 4. The van der Waals surface area contributed by atoms with E-state index in [0.717, 1.165) is 9.60 Å². The molecule has 4 rings (SSSR count). The average Bonchev–Trinajstić information content (AvgIpc) is 3.05. The van der Waals surface area contributed by atoms with Crippen molar-refractivity contribution in [2.75, 3.05) is 6.54 Å². The van der Waals surface area contributed by atoms with Gasteiger partial charge in [-0.05, 0) is 24.3 Å². The quantitative estimate of drug-likeness (QED) is 0.598. The molecule has 0 saturated carbocycles. The molecule has 0 N–H and O–H groups in total. The molecule has 6 nitrogen and oxygen atoms in total. The second kappa shape index (κ2) is 6.60. The van der Waals surface area contributed by atoms with Gasteiger partial charge in [-0.2, -0.15) is 4.99 Å². The van der Waals surface area contributed by atoms with Crippen molar-refractivity contribution >= 4 is 62.5 Å². The van der Waals surface area contributed by atoms with E-state index in [9.17, 15) is 14.4 Å². The van der Waals surface area contributed by atoms with Crippen molar-refractivity contribution in [3.63, 3.8) is 0 Å². The SMILES string of the molecule is Cn1c(=NC(=O)CN2C(=O)c3ccccc3C2=O)sc2cc(Cl)cc(Cl)c21. The molecule has 0 aliphatic carbocycles. The Morgan fingerprint density at radius 3 is 2.37 bits per heavy atom. The number of hydrogen-bond donors (Lipinski definition) is 0. The third kappa shape index (κ3) is 2.97. The zero-order valence-corrected chi connectivity index (χ0v) is 16.2. The van der Waals surface area contributed by atoms with E-state index in [1.54, 1.807) is 48.0 Å². The van der Waals surface area contributed by atoms with Crippen LogP contribution in [0.15, 0.2) is 41.4 Å². The first kappa shape index (κ1) is 17.9. The van der Waals surface area contributed by atoms with E-state index in [1.165, 1.54) is 11.3 Å². The first-order valence-electron chi connectivity index (χ1n) is 7.84. The number of rotatable bonds is 2. The van der Waals surface area contributed by atoms with E-state index in [1.807, 2.05) is 0 Å². The van der Waals surface area contributed by atoms with Crippen molar-refractivity contribution in [3.8, 4) is 0 Å². The number of carbonyl (C=O) groups excluding carboxylic acids is 3. The van der Waals surface area contributed by atoms with E-state index in [-0.39, 0.29) is 0 Å². The summed E-state index contributed by atoms with van der Waals surface area (Å²) in [4.78, 5) is 42.5. The molecule has 1 aromatic heterocycles. The summed E-state index contributed by atoms with van der Waals surface area (Å²) in [5, 5.41) is 0.934. The molecule has 1 aliphatic rings. The monoisotopic (exact) mass is 419 g/mol. The first-order valence-corrected chi connectivity index (χ1v) is 9.41. The van der Waals surface area contributed by atoms with Crippen LogP contribution in [0.2, 0.25) is 10.0 Å². The molecule has 0 spiro atoms. The van der Waals surface area contributed by atoms with Gasteiger partial charge < -0.3 is 4.57 Å². The molecule has 0 saturated heterocycles. The second-order valence-corrected chi connectivity index (χ2v) is 7.78. The number of aromatic nitrogens is 1. The van der Waals surface area contributed by atoms with Crippen LogP contribution in [0, 0.1) is 0 Å². The van der Waals surface area contributed by atoms with Gasteiger partial charge in [-0.3, -0.25) is 19.3 Å². The summed E-state index contributed by atoms with van der Waals surface area (Å²) in [6.07, 6.45) is 0. The van der Waals surface area contributed by atoms with Gasteiger partial charge in [0.25, 0.3) is 17.7 Å². The maximum absolute atomic E-state index is 12.4. The zero-order chi connectivity index (χ0) is 19.3. The van der Waals surface area contributed by atoms with Gasteiger partial charge in [0.15, 0.2) is 4.80 Å². The van der Waals surface area contributed by atoms with Crippen molar-refractivity contribution in [2.45, 2.75) is 0 Å². The van der Waals surface area contributed by atoms with Crippen LogP contribution < -0.4 is 4.80 Å². The normalized spacial score (nSPS) is 14.3. The van der Waals surface area contributed by atoms with Gasteiger partial charge in [-0.25, -0.2) is 0 Å². The van der Waals surface area contributed by atoms with Gasteiger partial charge in [-0.15, -0.1) is 0 Å². The van der Waals surface area contributed by atoms with E-state index >= 15 is 0 Å². The Bertz CT molecular complexity index is 1180. The smallest absolute Gasteiger partial charge is 0.268 e. The van der Waals surface area contributed by atoms with E-state index in [2.05, 4.69) is 4.99 Å². The van der Waals surface area contributed by atoms with Crippen LogP contribution in [0.3, 0.4) is 0 Å². The van der Waals surface area contributed by atoms with E-state index in [0.29, 0.717) is 31.5 Å². The maximum Gasteiger partial charge on any atom is 0.268 e. The predicted molar refractivity (Wildman–Crippen MR) is 103 cm³/mol. The van der Waals surface area contributed by atoms with Crippen LogP contribution in [-0.4, -0.2) is 33.7 Å². The lowest BCUT2D eigenvalue weighted by Crippen LogP contribution is -2.35. The van der Waals surface area contributed by atoms with Crippen LogP contribution >= 0.6 is 34.5 Å². The van der Waals surface area contributed by atoms with Gasteiger partial charge in [-0.1, -0.05) is 46.7 Å². The summed E-state index contributed by atoms with van der Waals surface area (Å²) < 4.78 is 2.46. The molecule has 2 heterocycles. The zero-order valence-electron chi connectivity index (χ0n) is 13.9. The second-order valence-electron chi connectivity index (χ2n) is 5.93. The molecular weight excluding hydrogens is 409 g/mol. The number of carbonyl (C=O) groups is 3. The molecular formula is C18H11Cl2N3O3S. The van der Waals surface area contributed by atoms with Crippen molar-refractivity contribution in [1.82, 2.24) is 9.47 Å². The largest absolute Gasteiger partial charge is 0.318 e. The highest BCUT2D eigenvalue weighted by Gasteiger charge is 2.36. The number of nitrogens with zero attached hydrogens (tertiary/aromatic N) is 3. The minimum absolute atomic E-state index is 0.296. The molecule has 1 aliphatic heterocycles. The highest BCUT2D eigenvalue weighted by atomic mass is 35.5. The Kier molecular flexibility index (Phi) is 4.38. The number of aryl methyl sites for hydroxylation is 1. The van der Waals surface area contributed by atoms with Gasteiger partial charge in [0.1, 0.15) is 6.54 Å². The van der Waals surface area contributed by atoms with Crippen molar-refractivity contribution < 1.29 is 14.4 Å². The number of imide groups is 1. The lowest BCUT2D eigenvalue weighted by atomic mass is 10.1. The first-order chi connectivity index (χ1) is 12.9. The Morgan fingerprint density at radius 2 is 1.74 bits per heavy atom. The molecule has 0 atom stereocenters. The van der Waals surface area contributed by atoms with Crippen LogP contribution in [0.25, 0.3) is 10.2 Å². The van der Waals surface area contributed by atoms with Crippen molar-refractivity contribution in [1.29, 1.82) is 0 Å². The number of thiazole rings is 1. The molecule has 0 unspecified atom stereocenters. The Morgan fingerprint density at radius 1 is 1.11 bits per heavy atom. The predicted octanol–water partition coefficient (Wildman–Crippen LogP) is 3.27. The topological polar surface area (TPSA) is 71.7 Å². The van der Waals surface area contributed by atoms with Gasteiger partial charge >= 0.3 is 0 Å². The van der Waals surface area contributed by atoms with Crippen LogP contribution in [0.5, 0.6) is 0 Å². The fourth-order valence-electron chi connectivity index (χ4n) is 2.97. The lowest BCUT2D eigenvalue weighted by Gasteiger charge is -2.10. The number of amides is 3. The van der Waals surface area contributed by atoms with Gasteiger partial charge in [0, 0.05) is 12.1 Å². The van der Waals surface area contributed by atoms with Crippen molar-refractivity contribution in [3.05, 3.63) is 62.4 Å². The molecule has 136 valence electrons. The number of benzene rings is 2. The highest BCUT2D eigenvalue weighted by molar-refractivity contribution is 7.16. The summed E-state index contributed by atoms with van der Waals surface area (Å²) in [5.74, 6) is -1.58. The van der Waals surface area contributed by atoms with E-state index in [4.69, 9.17) is 23.2 Å². The Hall–Kier alpha value is -2.48. The number of fused-ring (bicyclic) bond motifs is 2. The Labute approximate surface area is 167 Å². The molecule has 3 aromatic rings. The van der Waals surface area contributed by atoms with Crippen LogP contribution in [0.4, 0.5) is 0 Å². The molecule has 0 fully saturated rings. The van der Waals surface area contributed by atoms with Crippen molar-refractivity contribution in [2.24, 2.45) is 12.0 Å². The number of halogens is 2. The highest BCUT2D eigenvalue weighted by Crippen LogP contribution is 2.29. The summed E-state index contributed by atoms with van der Waals surface area (Å²) in [5.41, 5.74) is 1.30. The van der Waals surface area contributed by atoms with Gasteiger partial charge in [0.2, 0.25) is 0 Å².